The van der Waals surface area contributed by atoms with Crippen LogP contribution in [-0.2, 0) is 19.1 Å². The van der Waals surface area contributed by atoms with Gasteiger partial charge in [0.25, 0.3) is 0 Å². The Balaban J connectivity index is 1.94. The molecule has 0 spiro atoms. The fourth-order valence-electron chi connectivity index (χ4n) is 4.32. The first kappa shape index (κ1) is 26.8. The van der Waals surface area contributed by atoms with Crippen LogP contribution in [0.15, 0.2) is 69.6 Å². The second kappa shape index (κ2) is 11.1. The molecule has 0 bridgehead atoms. The third kappa shape index (κ3) is 4.62. The Hall–Kier alpha value is -4.84. The second-order valence-electron chi connectivity index (χ2n) is 8.39. The quantitative estimate of drug-likeness (QED) is 0.330. The van der Waals surface area contributed by atoms with Gasteiger partial charge in [-0.05, 0) is 49.4 Å². The Morgan fingerprint density at radius 3 is 2.40 bits per heavy atom. The molecule has 0 radical (unpaired) electrons. The fraction of sp³-hybridized carbons (Fsp3) is 0.179. The molecular formula is C28H25N5O6S. The number of nitrogens with two attached hydrogens (primary N) is 1. The number of hydrogen-bond donors (Lipinski definition) is 1. The number of pyridine rings is 1. The van der Waals surface area contributed by atoms with E-state index in [-0.39, 0.29) is 22.1 Å². The van der Waals surface area contributed by atoms with E-state index in [0.29, 0.717) is 45.2 Å². The van der Waals surface area contributed by atoms with Crippen molar-refractivity contribution in [1.82, 2.24) is 20.0 Å². The van der Waals surface area contributed by atoms with Crippen molar-refractivity contribution < 1.29 is 28.5 Å². The lowest BCUT2D eigenvalue weighted by atomic mass is 10.00. The van der Waals surface area contributed by atoms with E-state index in [9.17, 15) is 9.59 Å². The molecule has 1 aliphatic heterocycles. The molecule has 11 nitrogen and oxygen atoms in total. The number of esters is 2. The molecule has 40 heavy (non-hydrogen) atoms. The summed E-state index contributed by atoms with van der Waals surface area (Å²) in [6, 6.07) is 14.8. The molecule has 3 heterocycles. The topological polar surface area (TPSA) is 141 Å². The predicted octanol–water partition coefficient (Wildman–Crippen LogP) is 3.90. The van der Waals surface area contributed by atoms with E-state index in [0.717, 1.165) is 17.3 Å². The third-order valence-electron chi connectivity index (χ3n) is 6.15. The van der Waals surface area contributed by atoms with Crippen LogP contribution in [0.5, 0.6) is 11.6 Å². The smallest absolute Gasteiger partial charge is 0.341 e. The number of hydrogen-bond acceptors (Lipinski definition) is 11. The minimum atomic E-state index is -0.788. The number of fused-ring (bicyclic) bond motifs is 2. The van der Waals surface area contributed by atoms with Gasteiger partial charge in [-0.25, -0.2) is 19.3 Å². The van der Waals surface area contributed by atoms with Crippen LogP contribution in [-0.4, -0.2) is 59.9 Å². The molecule has 12 heteroatoms. The maximum atomic E-state index is 13.1. The zero-order valence-electron chi connectivity index (χ0n) is 22.1. The molecule has 2 N–H and O–H groups in total. The molecule has 0 aliphatic carbocycles. The molecule has 0 atom stereocenters. The Morgan fingerprint density at radius 1 is 1.00 bits per heavy atom. The highest BCUT2D eigenvalue weighted by Crippen LogP contribution is 2.46. The molecule has 4 aromatic rings. The lowest BCUT2D eigenvalue weighted by Gasteiger charge is -2.19. The van der Waals surface area contributed by atoms with Crippen LogP contribution in [0.4, 0.5) is 0 Å². The lowest BCUT2D eigenvalue weighted by molar-refractivity contribution is -0.139. The normalized spacial score (nSPS) is 12.8. The third-order valence-corrected chi connectivity index (χ3v) is 7.17. The van der Waals surface area contributed by atoms with Crippen LogP contribution in [0.2, 0.25) is 0 Å². The van der Waals surface area contributed by atoms with Crippen molar-refractivity contribution in [2.24, 2.45) is 5.73 Å². The van der Waals surface area contributed by atoms with Gasteiger partial charge >= 0.3 is 11.9 Å². The second-order valence-corrected chi connectivity index (χ2v) is 9.44. The standard InChI is InChI=1S/C28H25N5O6S/c1-5-39-26-24-18(14-17(27(34)37-3)21(25(29)40-24)28(35)38-4)23(33-20-9-7-6-8-19(20)31-32-33)22(30-26)15-10-12-16(36-2)13-11-15/h6-14H,5,29H2,1-4H3. The first-order chi connectivity index (χ1) is 19.4. The molecule has 0 saturated carbocycles. The maximum absolute atomic E-state index is 13.1. The van der Waals surface area contributed by atoms with Crippen molar-refractivity contribution in [3.05, 3.63) is 70.3 Å². The van der Waals surface area contributed by atoms with Gasteiger partial charge in [-0.3, -0.25) is 0 Å². The average molecular weight is 560 g/mol. The van der Waals surface area contributed by atoms with Crippen molar-refractivity contribution in [1.29, 1.82) is 0 Å². The van der Waals surface area contributed by atoms with E-state index >= 15 is 0 Å². The number of nitrogens with zero attached hydrogens (tertiary/aromatic N) is 4. The van der Waals surface area contributed by atoms with Crippen LogP contribution in [0.3, 0.4) is 0 Å². The molecule has 0 saturated heterocycles. The number of ether oxygens (including phenoxy) is 4. The summed E-state index contributed by atoms with van der Waals surface area (Å²) in [5.74, 6) is -0.633. The number of carbonyl (C=O) groups is 2. The number of methoxy groups -OCH3 is 3. The molecule has 2 aromatic heterocycles. The Kier molecular flexibility index (Phi) is 7.43. The van der Waals surface area contributed by atoms with E-state index in [1.54, 1.807) is 11.8 Å². The summed E-state index contributed by atoms with van der Waals surface area (Å²) in [4.78, 5) is 31.3. The average Bonchev–Trinajstić information content (AvgIpc) is 3.34. The number of thioether (sulfide) groups is 1. The largest absolute Gasteiger partial charge is 0.497 e. The Morgan fingerprint density at radius 2 is 1.73 bits per heavy atom. The molecule has 0 fully saturated rings. The Labute approximate surface area is 233 Å². The summed E-state index contributed by atoms with van der Waals surface area (Å²) in [6.45, 7) is 2.13. The number of rotatable bonds is 7. The summed E-state index contributed by atoms with van der Waals surface area (Å²) >= 11 is 1.04. The molecule has 0 unspecified atom stereocenters. The number of aromatic nitrogens is 4. The van der Waals surface area contributed by atoms with Crippen molar-refractivity contribution in [2.45, 2.75) is 11.8 Å². The van der Waals surface area contributed by atoms with Crippen LogP contribution < -0.4 is 15.2 Å². The minimum Gasteiger partial charge on any atom is -0.497 e. The van der Waals surface area contributed by atoms with Gasteiger partial charge in [0.05, 0.1) is 49.0 Å². The van der Waals surface area contributed by atoms with Gasteiger partial charge in [-0.2, -0.15) is 0 Å². The summed E-state index contributed by atoms with van der Waals surface area (Å²) in [5, 5.41) is 8.81. The van der Waals surface area contributed by atoms with E-state index < -0.39 is 11.9 Å². The molecular weight excluding hydrogens is 534 g/mol. The highest BCUT2D eigenvalue weighted by Gasteiger charge is 2.33. The molecule has 0 amide bonds. The van der Waals surface area contributed by atoms with E-state index in [1.165, 1.54) is 20.3 Å². The molecule has 2 aromatic carbocycles. The lowest BCUT2D eigenvalue weighted by Crippen LogP contribution is -2.18. The molecule has 1 aliphatic rings. The van der Waals surface area contributed by atoms with Crippen LogP contribution >= 0.6 is 11.8 Å². The number of carbonyl (C=O) groups excluding carboxylic acids is 2. The highest BCUT2D eigenvalue weighted by molar-refractivity contribution is 8.03. The maximum Gasteiger partial charge on any atom is 0.341 e. The Bertz CT molecular complexity index is 1690. The van der Waals surface area contributed by atoms with Crippen molar-refractivity contribution in [3.63, 3.8) is 0 Å². The van der Waals surface area contributed by atoms with Crippen molar-refractivity contribution >= 4 is 40.8 Å². The first-order valence-electron chi connectivity index (χ1n) is 12.1. The predicted molar refractivity (Wildman–Crippen MR) is 149 cm³/mol. The summed E-state index contributed by atoms with van der Waals surface area (Å²) < 4.78 is 23.0. The van der Waals surface area contributed by atoms with Crippen LogP contribution in [0, 0.1) is 0 Å². The SMILES string of the molecule is CCOc1nc(-c2ccc(OC)cc2)c(-n2nnc3ccccc32)c2c1SC(N)=C(C(=O)OC)C(C(=O)OC)=C2. The van der Waals surface area contributed by atoms with Gasteiger partial charge in [-0.15, -0.1) is 5.10 Å². The molecule has 5 rings (SSSR count). The number of benzene rings is 2. The minimum absolute atomic E-state index is 0.0246. The van der Waals surface area contributed by atoms with Gasteiger partial charge in [0.1, 0.15) is 28.2 Å². The van der Waals surface area contributed by atoms with E-state index in [4.69, 9.17) is 29.7 Å². The van der Waals surface area contributed by atoms with Gasteiger partial charge in [0.15, 0.2) is 0 Å². The van der Waals surface area contributed by atoms with Crippen LogP contribution in [0.1, 0.15) is 12.5 Å². The van der Waals surface area contributed by atoms with Gasteiger partial charge in [0.2, 0.25) is 5.88 Å². The van der Waals surface area contributed by atoms with Crippen molar-refractivity contribution in [2.75, 3.05) is 27.9 Å². The monoisotopic (exact) mass is 559 g/mol. The zero-order chi connectivity index (χ0) is 28.4. The fourth-order valence-corrected chi connectivity index (χ4v) is 5.29. The summed E-state index contributed by atoms with van der Waals surface area (Å²) in [7, 11) is 4.02. The van der Waals surface area contributed by atoms with Crippen LogP contribution in [0.25, 0.3) is 34.1 Å². The number of para-hydroxylation sites is 1. The van der Waals surface area contributed by atoms with Gasteiger partial charge in [-0.1, -0.05) is 29.1 Å². The van der Waals surface area contributed by atoms with Gasteiger partial charge in [0, 0.05) is 11.1 Å². The molecule has 204 valence electrons. The van der Waals surface area contributed by atoms with Crippen molar-refractivity contribution in [3.8, 4) is 28.6 Å². The summed E-state index contributed by atoms with van der Waals surface area (Å²) in [6.07, 6.45) is 1.53. The van der Waals surface area contributed by atoms with E-state index in [2.05, 4.69) is 10.3 Å². The highest BCUT2D eigenvalue weighted by atomic mass is 32.2. The van der Waals surface area contributed by atoms with E-state index in [1.807, 2.05) is 55.5 Å². The zero-order valence-corrected chi connectivity index (χ0v) is 22.9. The summed E-state index contributed by atoms with van der Waals surface area (Å²) in [5.41, 5.74) is 9.73. The van der Waals surface area contributed by atoms with Gasteiger partial charge < -0.3 is 24.7 Å². The first-order valence-corrected chi connectivity index (χ1v) is 13.0.